The van der Waals surface area contributed by atoms with Crippen molar-refractivity contribution < 1.29 is 19.1 Å². The van der Waals surface area contributed by atoms with Crippen molar-refractivity contribution in [1.29, 1.82) is 0 Å². The molecule has 1 aromatic heterocycles. The lowest BCUT2D eigenvalue weighted by Gasteiger charge is -2.12. The summed E-state index contributed by atoms with van der Waals surface area (Å²) in [6.07, 6.45) is 3.75. The smallest absolute Gasteiger partial charge is 0.341 e. The molecule has 0 saturated heterocycles. The van der Waals surface area contributed by atoms with Crippen molar-refractivity contribution in [3.05, 3.63) is 16.0 Å². The summed E-state index contributed by atoms with van der Waals surface area (Å²) in [7, 11) is 0. The van der Waals surface area contributed by atoms with E-state index in [2.05, 4.69) is 5.32 Å². The molecule has 3 N–H and O–H groups in total. The second-order valence-electron chi connectivity index (χ2n) is 4.64. The maximum atomic E-state index is 12.1. The molecule has 0 bridgehead atoms. The van der Waals surface area contributed by atoms with Crippen LogP contribution >= 0.6 is 11.3 Å². The number of ether oxygens (including phenoxy) is 1. The molecule has 7 heteroatoms. The number of fused-ring (bicyclic) bond motifs is 1. The molecule has 0 radical (unpaired) electrons. The summed E-state index contributed by atoms with van der Waals surface area (Å²) in [5.74, 6) is -1.55. The van der Waals surface area contributed by atoms with Gasteiger partial charge in [0.2, 0.25) is 5.91 Å². The van der Waals surface area contributed by atoms with Gasteiger partial charge >= 0.3 is 5.97 Å². The summed E-state index contributed by atoms with van der Waals surface area (Å²) < 4.78 is 4.88. The molecule has 6 nitrogen and oxygen atoms in total. The lowest BCUT2D eigenvalue weighted by atomic mass is 9.95. The Kier molecular flexibility index (Phi) is 4.39. The van der Waals surface area contributed by atoms with Crippen LogP contribution < -0.4 is 11.1 Å². The van der Waals surface area contributed by atoms with E-state index in [4.69, 9.17) is 10.5 Å². The van der Waals surface area contributed by atoms with E-state index in [0.717, 1.165) is 36.1 Å². The largest absolute Gasteiger partial charge is 0.452 e. The highest BCUT2D eigenvalue weighted by molar-refractivity contribution is 7.17. The standard InChI is InChI=1S/C13H16N2O4S/c1-7(16)15-12-11(13(18)19-6-10(14)17)8-4-2-3-5-9(8)20-12/h2-6H2,1H3,(H2,14,17)(H,15,16). The zero-order chi connectivity index (χ0) is 14.7. The van der Waals surface area contributed by atoms with Gasteiger partial charge in [0.05, 0.1) is 5.56 Å². The molecule has 0 saturated carbocycles. The first-order valence-electron chi connectivity index (χ1n) is 6.36. The van der Waals surface area contributed by atoms with Crippen LogP contribution in [0.5, 0.6) is 0 Å². The lowest BCUT2D eigenvalue weighted by molar-refractivity contribution is -0.121. The van der Waals surface area contributed by atoms with E-state index < -0.39 is 18.5 Å². The number of aryl methyl sites for hydroxylation is 1. The van der Waals surface area contributed by atoms with Crippen molar-refractivity contribution in [1.82, 2.24) is 0 Å². The Bertz CT molecular complexity index is 565. The summed E-state index contributed by atoms with van der Waals surface area (Å²) in [4.78, 5) is 35.2. The Hall–Kier alpha value is -1.89. The molecule has 0 aromatic carbocycles. The number of carbonyl (C=O) groups is 3. The molecule has 0 atom stereocenters. The number of primary amides is 1. The van der Waals surface area contributed by atoms with E-state index >= 15 is 0 Å². The van der Waals surface area contributed by atoms with Crippen LogP contribution in [0.4, 0.5) is 5.00 Å². The monoisotopic (exact) mass is 296 g/mol. The highest BCUT2D eigenvalue weighted by Crippen LogP contribution is 2.38. The molecule has 1 aromatic rings. The fraction of sp³-hybridized carbons (Fsp3) is 0.462. The van der Waals surface area contributed by atoms with Crippen LogP contribution in [-0.2, 0) is 27.2 Å². The first kappa shape index (κ1) is 14.5. The van der Waals surface area contributed by atoms with E-state index in [1.807, 2.05) is 0 Å². The van der Waals surface area contributed by atoms with Gasteiger partial charge in [0.15, 0.2) is 6.61 Å². The summed E-state index contributed by atoms with van der Waals surface area (Å²) in [5.41, 5.74) is 6.27. The minimum Gasteiger partial charge on any atom is -0.452 e. The van der Waals surface area contributed by atoms with Crippen LogP contribution in [0.25, 0.3) is 0 Å². The highest BCUT2D eigenvalue weighted by Gasteiger charge is 2.27. The van der Waals surface area contributed by atoms with Crippen LogP contribution in [0, 0.1) is 0 Å². The van der Waals surface area contributed by atoms with Crippen LogP contribution in [0.15, 0.2) is 0 Å². The zero-order valence-electron chi connectivity index (χ0n) is 11.2. The maximum Gasteiger partial charge on any atom is 0.341 e. The number of thiophene rings is 1. The number of nitrogens with two attached hydrogens (primary N) is 1. The van der Waals surface area contributed by atoms with Gasteiger partial charge in [-0.25, -0.2) is 4.79 Å². The van der Waals surface area contributed by atoms with Gasteiger partial charge in [0.25, 0.3) is 5.91 Å². The minimum absolute atomic E-state index is 0.243. The van der Waals surface area contributed by atoms with E-state index in [1.54, 1.807) is 0 Å². The maximum absolute atomic E-state index is 12.1. The third-order valence-electron chi connectivity index (χ3n) is 3.01. The van der Waals surface area contributed by atoms with Crippen molar-refractivity contribution in [3.63, 3.8) is 0 Å². The van der Waals surface area contributed by atoms with Gasteiger partial charge in [0.1, 0.15) is 5.00 Å². The predicted octanol–water partition coefficient (Wildman–Crippen LogP) is 1.23. The molecule has 108 valence electrons. The van der Waals surface area contributed by atoms with Gasteiger partial charge in [-0.15, -0.1) is 11.3 Å². The number of nitrogens with one attached hydrogen (secondary N) is 1. The number of hydrogen-bond donors (Lipinski definition) is 2. The number of carbonyl (C=O) groups excluding carboxylic acids is 3. The summed E-state index contributed by atoms with van der Waals surface area (Å²) >= 11 is 1.40. The first-order chi connectivity index (χ1) is 9.49. The number of anilines is 1. The van der Waals surface area contributed by atoms with Gasteiger partial charge in [-0.05, 0) is 31.2 Å². The molecule has 20 heavy (non-hydrogen) atoms. The van der Waals surface area contributed by atoms with E-state index in [-0.39, 0.29) is 5.91 Å². The van der Waals surface area contributed by atoms with Gasteiger partial charge in [-0.3, -0.25) is 9.59 Å². The van der Waals surface area contributed by atoms with Crippen LogP contribution in [-0.4, -0.2) is 24.4 Å². The summed E-state index contributed by atoms with van der Waals surface area (Å²) in [6.45, 7) is 0.931. The van der Waals surface area contributed by atoms with Crippen LogP contribution in [0.1, 0.15) is 40.6 Å². The molecular weight excluding hydrogens is 280 g/mol. The molecule has 2 rings (SSSR count). The van der Waals surface area contributed by atoms with E-state index in [0.29, 0.717) is 10.6 Å². The Morgan fingerprint density at radius 3 is 2.65 bits per heavy atom. The Morgan fingerprint density at radius 1 is 1.30 bits per heavy atom. The molecular formula is C13H16N2O4S. The zero-order valence-corrected chi connectivity index (χ0v) is 12.0. The average Bonchev–Trinajstić information content (AvgIpc) is 2.72. The molecule has 1 aliphatic carbocycles. The molecule has 0 spiro atoms. The Balaban J connectivity index is 2.32. The van der Waals surface area contributed by atoms with Crippen molar-refractivity contribution in [2.45, 2.75) is 32.6 Å². The summed E-state index contributed by atoms with van der Waals surface area (Å²) in [6, 6.07) is 0. The van der Waals surface area contributed by atoms with E-state index in [9.17, 15) is 14.4 Å². The number of rotatable bonds is 4. The highest BCUT2D eigenvalue weighted by atomic mass is 32.1. The van der Waals surface area contributed by atoms with Gasteiger partial charge in [-0.2, -0.15) is 0 Å². The van der Waals surface area contributed by atoms with Crippen molar-refractivity contribution in [3.8, 4) is 0 Å². The predicted molar refractivity (Wildman–Crippen MR) is 74.7 cm³/mol. The van der Waals surface area contributed by atoms with Crippen molar-refractivity contribution in [2.75, 3.05) is 11.9 Å². The Labute approximate surface area is 120 Å². The number of amides is 2. The van der Waals surface area contributed by atoms with Crippen molar-refractivity contribution >= 4 is 34.1 Å². The van der Waals surface area contributed by atoms with Crippen molar-refractivity contribution in [2.24, 2.45) is 5.73 Å². The molecule has 1 heterocycles. The SMILES string of the molecule is CC(=O)Nc1sc2c(c1C(=O)OCC(N)=O)CCCC2. The first-order valence-corrected chi connectivity index (χ1v) is 7.18. The third kappa shape index (κ3) is 3.16. The Morgan fingerprint density at radius 2 is 2.00 bits per heavy atom. The molecule has 1 aliphatic rings. The lowest BCUT2D eigenvalue weighted by Crippen LogP contribution is -2.22. The topological polar surface area (TPSA) is 98.5 Å². The molecule has 0 aliphatic heterocycles. The third-order valence-corrected chi connectivity index (χ3v) is 4.22. The molecule has 2 amide bonds. The van der Waals surface area contributed by atoms with E-state index in [1.165, 1.54) is 18.3 Å². The second-order valence-corrected chi connectivity index (χ2v) is 5.74. The molecule has 0 unspecified atom stereocenters. The fourth-order valence-electron chi connectivity index (χ4n) is 2.24. The number of hydrogen-bond acceptors (Lipinski definition) is 5. The average molecular weight is 296 g/mol. The fourth-order valence-corrected chi connectivity index (χ4v) is 3.56. The van der Waals surface area contributed by atoms with Gasteiger partial charge in [0, 0.05) is 11.8 Å². The van der Waals surface area contributed by atoms with Gasteiger partial charge < -0.3 is 15.8 Å². The van der Waals surface area contributed by atoms with Crippen LogP contribution in [0.3, 0.4) is 0 Å². The number of esters is 1. The van der Waals surface area contributed by atoms with Gasteiger partial charge in [-0.1, -0.05) is 0 Å². The molecule has 0 fully saturated rings. The second kappa shape index (κ2) is 6.04. The quantitative estimate of drug-likeness (QED) is 0.816. The minimum atomic E-state index is -0.705. The van der Waals surface area contributed by atoms with Crippen LogP contribution in [0.2, 0.25) is 0 Å². The normalized spacial score (nSPS) is 13.4. The summed E-state index contributed by atoms with van der Waals surface area (Å²) in [5, 5.41) is 3.16.